The van der Waals surface area contributed by atoms with Crippen LogP contribution in [0.2, 0.25) is 5.15 Å². The molecule has 2 amide bonds. The van der Waals surface area contributed by atoms with E-state index < -0.39 is 15.9 Å². The van der Waals surface area contributed by atoms with Crippen molar-refractivity contribution in [3.63, 3.8) is 0 Å². The minimum Gasteiger partial charge on any atom is -0.354 e. The number of hydrogen-bond acceptors (Lipinski definition) is 7. The number of nitrogens with zero attached hydrogens (tertiary/aromatic N) is 5. The zero-order valence-corrected chi connectivity index (χ0v) is 29.6. The quantitative estimate of drug-likeness (QED) is 0.175. The van der Waals surface area contributed by atoms with E-state index in [0.29, 0.717) is 24.3 Å². The van der Waals surface area contributed by atoms with Crippen LogP contribution in [-0.2, 0) is 20.7 Å². The van der Waals surface area contributed by atoms with Gasteiger partial charge in [0.2, 0.25) is 15.9 Å². The lowest BCUT2D eigenvalue weighted by Crippen LogP contribution is -2.49. The summed E-state index contributed by atoms with van der Waals surface area (Å²) in [5.74, 6) is -3.64. The largest absolute Gasteiger partial charge is 0.354 e. The molecule has 0 radical (unpaired) electrons. The van der Waals surface area contributed by atoms with Crippen molar-refractivity contribution in [2.75, 3.05) is 75.8 Å². The van der Waals surface area contributed by atoms with Crippen molar-refractivity contribution in [3.8, 4) is 0 Å². The number of piperazine rings is 1. The number of pyridine rings is 1. The highest BCUT2D eigenvalue weighted by atomic mass is 35.5. The summed E-state index contributed by atoms with van der Waals surface area (Å²) in [5, 5.41) is 2.77. The second kappa shape index (κ2) is 14.5. The summed E-state index contributed by atoms with van der Waals surface area (Å²) in [4.78, 5) is 32.5. The van der Waals surface area contributed by atoms with Crippen molar-refractivity contribution in [2.45, 2.75) is 42.5 Å². The van der Waals surface area contributed by atoms with Gasteiger partial charge in [-0.25, -0.2) is 13.4 Å². The molecule has 6 rings (SSSR count). The van der Waals surface area contributed by atoms with E-state index in [-0.39, 0.29) is 77.4 Å². The van der Waals surface area contributed by atoms with Gasteiger partial charge in [-0.3, -0.25) is 9.59 Å². The minimum absolute atomic E-state index is 0.0880. The number of hydrogen-bond donors (Lipinski definition) is 2. The predicted octanol–water partition coefficient (Wildman–Crippen LogP) is 3.81. The Labute approximate surface area is 296 Å². The highest BCUT2D eigenvalue weighted by molar-refractivity contribution is 7.89. The normalized spacial score (nSPS) is 20.0. The topological polar surface area (TPSA) is 129 Å². The summed E-state index contributed by atoms with van der Waals surface area (Å²) in [6.07, 6.45) is 3.56. The van der Waals surface area contributed by atoms with Crippen LogP contribution in [0.3, 0.4) is 0 Å². The number of carbonyl (C=O) groups excluding carboxylic acids is 2. The van der Waals surface area contributed by atoms with Gasteiger partial charge in [0.1, 0.15) is 11.0 Å². The Morgan fingerprint density at radius 3 is 2.30 bits per heavy atom. The lowest BCUT2D eigenvalue weighted by molar-refractivity contribution is -0.897. The van der Waals surface area contributed by atoms with E-state index in [1.165, 1.54) is 59.6 Å². The number of anilines is 2. The Balaban J connectivity index is 1.06. The molecule has 1 aromatic heterocycles. The Morgan fingerprint density at radius 2 is 1.68 bits per heavy atom. The number of aromatic nitrogens is 1. The summed E-state index contributed by atoms with van der Waals surface area (Å²) in [5.41, 5.74) is 6.10. The molecule has 0 saturated carbocycles. The van der Waals surface area contributed by atoms with Crippen LogP contribution < -0.4 is 20.9 Å². The minimum atomic E-state index is -3.85. The summed E-state index contributed by atoms with van der Waals surface area (Å²) in [7, 11) is -1.61. The van der Waals surface area contributed by atoms with Crippen LogP contribution in [-0.4, -0.2) is 106 Å². The van der Waals surface area contributed by atoms with Crippen molar-refractivity contribution in [1.82, 2.24) is 14.6 Å². The molecule has 2 aromatic carbocycles. The predicted molar refractivity (Wildman–Crippen MR) is 188 cm³/mol. The fourth-order valence-electron chi connectivity index (χ4n) is 7.00. The van der Waals surface area contributed by atoms with E-state index in [4.69, 9.17) is 17.3 Å². The molecule has 3 aliphatic heterocycles. The first-order valence-corrected chi connectivity index (χ1v) is 18.8. The van der Waals surface area contributed by atoms with Crippen molar-refractivity contribution >= 4 is 44.9 Å². The number of rotatable bonds is 11. The van der Waals surface area contributed by atoms with E-state index in [9.17, 15) is 18.0 Å². The second-order valence-corrected chi connectivity index (χ2v) is 16.0. The fraction of sp³-hybridized carbons (Fsp3) is 0.457. The van der Waals surface area contributed by atoms with E-state index >= 15 is 8.78 Å². The second-order valence-electron chi connectivity index (χ2n) is 13.6. The van der Waals surface area contributed by atoms with Crippen molar-refractivity contribution < 1.29 is 31.3 Å². The summed E-state index contributed by atoms with van der Waals surface area (Å²) in [6, 6.07) is 13.5. The lowest BCUT2D eigenvalue weighted by Gasteiger charge is -2.35. The maximum absolute atomic E-state index is 15.8. The van der Waals surface area contributed by atoms with Gasteiger partial charge in [-0.1, -0.05) is 23.7 Å². The number of nitrogens with two attached hydrogens (primary N) is 1. The molecule has 0 spiro atoms. The third-order valence-corrected chi connectivity index (χ3v) is 12.1. The number of amides is 2. The molecule has 0 aliphatic carbocycles. The lowest BCUT2D eigenvalue weighted by atomic mass is 9.99. The van der Waals surface area contributed by atoms with Gasteiger partial charge in [0.05, 0.1) is 31.6 Å². The zero-order valence-electron chi connectivity index (χ0n) is 28.0. The van der Waals surface area contributed by atoms with Crippen LogP contribution in [0.4, 0.5) is 20.3 Å². The van der Waals surface area contributed by atoms with Gasteiger partial charge in [0, 0.05) is 93.4 Å². The molecule has 50 heavy (non-hydrogen) atoms. The Hall–Kier alpha value is -3.69. The van der Waals surface area contributed by atoms with Crippen molar-refractivity contribution in [3.05, 3.63) is 82.5 Å². The first-order chi connectivity index (χ1) is 23.7. The molecule has 3 N–H and O–H groups in total. The molecule has 4 heterocycles. The van der Waals surface area contributed by atoms with E-state index in [2.05, 4.69) is 17.3 Å². The number of sulfonamides is 1. The molecule has 3 aliphatic rings. The average Bonchev–Trinajstić information content (AvgIpc) is 3.70. The number of carbonyl (C=O) groups is 2. The maximum atomic E-state index is 15.8. The number of alkyl halides is 2. The molecular formula is C35H43ClF2N7O4S+. The third kappa shape index (κ3) is 7.79. The van der Waals surface area contributed by atoms with Crippen LogP contribution in [0.25, 0.3) is 0 Å². The molecule has 268 valence electrons. The van der Waals surface area contributed by atoms with Crippen molar-refractivity contribution in [2.24, 2.45) is 5.73 Å². The maximum Gasteiger partial charge on any atom is 0.298 e. The smallest absolute Gasteiger partial charge is 0.298 e. The van der Waals surface area contributed by atoms with Gasteiger partial charge < -0.3 is 25.3 Å². The van der Waals surface area contributed by atoms with Gasteiger partial charge in [0.15, 0.2) is 0 Å². The summed E-state index contributed by atoms with van der Waals surface area (Å²) in [6.45, 7) is 4.83. The Bertz CT molecular complexity index is 1820. The Kier molecular flexibility index (Phi) is 10.5. The van der Waals surface area contributed by atoms with Gasteiger partial charge in [0.25, 0.3) is 11.8 Å². The Morgan fingerprint density at radius 1 is 1.02 bits per heavy atom. The van der Waals surface area contributed by atoms with Crippen LogP contribution in [0.15, 0.2) is 65.6 Å². The highest BCUT2D eigenvalue weighted by Gasteiger charge is 2.37. The van der Waals surface area contributed by atoms with Gasteiger partial charge in [-0.2, -0.15) is 13.1 Å². The molecule has 3 saturated heterocycles. The number of likely N-dealkylation sites (tertiary alicyclic amines) is 1. The number of nitrogens with one attached hydrogen (secondary N) is 1. The molecule has 0 unspecified atom stereocenters. The molecule has 15 heteroatoms. The monoisotopic (exact) mass is 730 g/mol. The van der Waals surface area contributed by atoms with E-state index in [1.54, 1.807) is 21.9 Å². The average molecular weight is 731 g/mol. The summed E-state index contributed by atoms with van der Waals surface area (Å²) < 4.78 is 60.8. The number of quaternary nitrogens is 1. The van der Waals surface area contributed by atoms with Crippen molar-refractivity contribution in [1.29, 1.82) is 0 Å². The molecular weight excluding hydrogens is 688 g/mol. The van der Waals surface area contributed by atoms with Crippen LogP contribution in [0, 0.1) is 0 Å². The third-order valence-electron chi connectivity index (χ3n) is 9.96. The van der Waals surface area contributed by atoms with Crippen LogP contribution in [0.5, 0.6) is 0 Å². The molecule has 3 aromatic rings. The fourth-order valence-corrected chi connectivity index (χ4v) is 8.63. The zero-order chi connectivity index (χ0) is 35.7. The van der Waals surface area contributed by atoms with Crippen LogP contribution >= 0.6 is 11.6 Å². The standard InChI is InChI=1S/C35H42ClF2N7O4S/c1-45(18-2-3-19-45)20-4-13-40-34(47)25-5-7-26(8-6-25)35(37,38)27-21-31(36)41-32(22-27)42-14-16-43(17-15-42)50(48,49)30-11-9-29(10-12-30)44-24-28(39)23-33(44)46/h5-12,21-22,28H,2-4,13-20,23-24,39H2,1H3/p+1/t28-/m1/s1. The molecule has 3 fully saturated rings. The van der Waals surface area contributed by atoms with Gasteiger partial charge in [-0.15, -0.1) is 0 Å². The first-order valence-electron chi connectivity index (χ1n) is 16.9. The highest BCUT2D eigenvalue weighted by Crippen LogP contribution is 2.38. The SMILES string of the molecule is C[N+]1(CCCNC(=O)c2ccc(C(F)(F)c3cc(Cl)nc(N4CCN(S(=O)(=O)c5ccc(N6C[C@H](N)CC6=O)cc5)CC4)c3)cc2)CCCC1. The number of benzene rings is 2. The van der Waals surface area contributed by atoms with E-state index in [1.807, 2.05) is 0 Å². The van der Waals surface area contributed by atoms with Gasteiger partial charge in [-0.05, 0) is 48.5 Å². The molecule has 1 atom stereocenters. The van der Waals surface area contributed by atoms with Gasteiger partial charge >= 0.3 is 0 Å². The summed E-state index contributed by atoms with van der Waals surface area (Å²) >= 11 is 6.24. The molecule has 0 bridgehead atoms. The number of halogens is 3. The molecule has 11 nitrogen and oxygen atoms in total. The first kappa shape index (κ1) is 36.1. The van der Waals surface area contributed by atoms with Crippen LogP contribution in [0.1, 0.15) is 47.2 Å². The van der Waals surface area contributed by atoms with E-state index in [0.717, 1.165) is 36.6 Å².